The van der Waals surface area contributed by atoms with Crippen LogP contribution in [0.2, 0.25) is 0 Å². The molecular formula is C12H12N4O. The molecule has 0 saturated heterocycles. The smallest absolute Gasteiger partial charge is 0.275 e. The van der Waals surface area contributed by atoms with Crippen LogP contribution >= 0.6 is 0 Å². The molecule has 5 heteroatoms. The summed E-state index contributed by atoms with van der Waals surface area (Å²) in [6, 6.07) is 7.34. The largest absolute Gasteiger partial charge is 0.326 e. The lowest BCUT2D eigenvalue weighted by molar-refractivity contribution is 0.102. The van der Waals surface area contributed by atoms with Crippen molar-refractivity contribution in [3.8, 4) is 0 Å². The zero-order valence-electron chi connectivity index (χ0n) is 9.13. The van der Waals surface area contributed by atoms with Gasteiger partial charge in [0.05, 0.1) is 6.20 Å². The maximum absolute atomic E-state index is 11.7. The van der Waals surface area contributed by atoms with Gasteiger partial charge in [-0.1, -0.05) is 12.1 Å². The molecule has 17 heavy (non-hydrogen) atoms. The van der Waals surface area contributed by atoms with Crippen molar-refractivity contribution in [2.45, 2.75) is 6.54 Å². The van der Waals surface area contributed by atoms with Crippen LogP contribution in [0.3, 0.4) is 0 Å². The zero-order chi connectivity index (χ0) is 12.1. The van der Waals surface area contributed by atoms with Crippen LogP contribution in [0.1, 0.15) is 16.1 Å². The van der Waals surface area contributed by atoms with Gasteiger partial charge in [0.1, 0.15) is 5.69 Å². The molecule has 1 aromatic carbocycles. The van der Waals surface area contributed by atoms with E-state index >= 15 is 0 Å². The second kappa shape index (κ2) is 5.18. The van der Waals surface area contributed by atoms with Crippen LogP contribution in [0.5, 0.6) is 0 Å². The Balaban J connectivity index is 2.08. The van der Waals surface area contributed by atoms with Crippen molar-refractivity contribution in [1.29, 1.82) is 0 Å². The van der Waals surface area contributed by atoms with E-state index in [0.717, 1.165) is 5.56 Å². The topological polar surface area (TPSA) is 80.9 Å². The number of hydrogen-bond acceptors (Lipinski definition) is 4. The summed E-state index contributed by atoms with van der Waals surface area (Å²) in [5, 5.41) is 2.73. The normalized spacial score (nSPS) is 9.94. The first-order chi connectivity index (χ1) is 8.29. The average Bonchev–Trinajstić information content (AvgIpc) is 2.40. The van der Waals surface area contributed by atoms with Crippen molar-refractivity contribution in [2.24, 2.45) is 5.73 Å². The predicted molar refractivity (Wildman–Crippen MR) is 64.3 cm³/mol. The first-order valence-corrected chi connectivity index (χ1v) is 5.16. The number of carbonyl (C=O) groups excluding carboxylic acids is 1. The second-order valence-corrected chi connectivity index (χ2v) is 3.45. The Morgan fingerprint density at radius 2 is 2.00 bits per heavy atom. The zero-order valence-corrected chi connectivity index (χ0v) is 9.13. The number of nitrogens with zero attached hydrogens (tertiary/aromatic N) is 2. The third-order valence-corrected chi connectivity index (χ3v) is 2.24. The summed E-state index contributed by atoms with van der Waals surface area (Å²) in [6.45, 7) is 0.485. The van der Waals surface area contributed by atoms with E-state index in [1.54, 1.807) is 12.1 Å². The van der Waals surface area contributed by atoms with Gasteiger partial charge in [-0.15, -0.1) is 0 Å². The lowest BCUT2D eigenvalue weighted by atomic mass is 10.2. The van der Waals surface area contributed by atoms with E-state index in [-0.39, 0.29) is 11.6 Å². The summed E-state index contributed by atoms with van der Waals surface area (Å²) in [6.07, 6.45) is 4.42. The fourth-order valence-corrected chi connectivity index (χ4v) is 1.34. The molecule has 1 amide bonds. The maximum Gasteiger partial charge on any atom is 0.275 e. The van der Waals surface area contributed by atoms with Crippen molar-refractivity contribution < 1.29 is 4.79 Å². The summed E-state index contributed by atoms with van der Waals surface area (Å²) < 4.78 is 0. The Morgan fingerprint density at radius 1 is 1.24 bits per heavy atom. The van der Waals surface area contributed by atoms with Crippen LogP contribution < -0.4 is 11.1 Å². The maximum atomic E-state index is 11.7. The number of amides is 1. The number of benzene rings is 1. The molecule has 0 aliphatic rings. The molecule has 0 saturated carbocycles. The quantitative estimate of drug-likeness (QED) is 0.826. The van der Waals surface area contributed by atoms with Gasteiger partial charge < -0.3 is 11.1 Å². The Hall–Kier alpha value is -2.27. The van der Waals surface area contributed by atoms with Crippen LogP contribution in [0, 0.1) is 0 Å². The van der Waals surface area contributed by atoms with Crippen molar-refractivity contribution >= 4 is 11.6 Å². The fourth-order valence-electron chi connectivity index (χ4n) is 1.34. The van der Waals surface area contributed by atoms with E-state index in [9.17, 15) is 4.79 Å². The molecule has 2 aromatic rings. The van der Waals surface area contributed by atoms with Gasteiger partial charge in [0.15, 0.2) is 0 Å². The molecule has 0 fully saturated rings. The molecule has 5 nitrogen and oxygen atoms in total. The first kappa shape index (κ1) is 11.2. The van der Waals surface area contributed by atoms with Crippen LogP contribution in [0.15, 0.2) is 42.9 Å². The van der Waals surface area contributed by atoms with E-state index in [4.69, 9.17) is 5.73 Å². The highest BCUT2D eigenvalue weighted by atomic mass is 16.1. The van der Waals surface area contributed by atoms with Crippen molar-refractivity contribution in [3.05, 3.63) is 54.1 Å². The van der Waals surface area contributed by atoms with Gasteiger partial charge in [-0.2, -0.15) is 0 Å². The lowest BCUT2D eigenvalue weighted by Gasteiger charge is -2.04. The number of nitrogens with two attached hydrogens (primary N) is 1. The van der Waals surface area contributed by atoms with E-state index in [1.807, 2.05) is 12.1 Å². The minimum Gasteiger partial charge on any atom is -0.326 e. The Labute approximate surface area is 98.7 Å². The average molecular weight is 228 g/mol. The molecule has 0 unspecified atom stereocenters. The number of rotatable bonds is 3. The highest BCUT2D eigenvalue weighted by molar-refractivity contribution is 6.02. The molecule has 3 N–H and O–H groups in total. The van der Waals surface area contributed by atoms with Crippen LogP contribution in [-0.4, -0.2) is 15.9 Å². The van der Waals surface area contributed by atoms with Crippen LogP contribution in [0.4, 0.5) is 5.69 Å². The number of hydrogen-bond donors (Lipinski definition) is 2. The predicted octanol–water partition coefficient (Wildman–Crippen LogP) is 1.19. The third kappa shape index (κ3) is 2.85. The van der Waals surface area contributed by atoms with Crippen LogP contribution in [0.25, 0.3) is 0 Å². The summed E-state index contributed by atoms with van der Waals surface area (Å²) in [5.74, 6) is -0.279. The lowest BCUT2D eigenvalue weighted by Crippen LogP contribution is -2.13. The molecule has 0 aliphatic carbocycles. The van der Waals surface area contributed by atoms with E-state index < -0.39 is 0 Å². The van der Waals surface area contributed by atoms with Gasteiger partial charge in [-0.3, -0.25) is 9.78 Å². The highest BCUT2D eigenvalue weighted by Gasteiger charge is 2.06. The highest BCUT2D eigenvalue weighted by Crippen LogP contribution is 2.10. The minimum absolute atomic E-state index is 0.279. The number of carbonyl (C=O) groups is 1. The molecule has 1 aromatic heterocycles. The molecule has 0 aliphatic heterocycles. The number of anilines is 1. The van der Waals surface area contributed by atoms with Gasteiger partial charge in [0, 0.05) is 24.6 Å². The summed E-state index contributed by atoms with van der Waals surface area (Å²) in [4.78, 5) is 19.5. The molecule has 86 valence electrons. The number of nitrogens with one attached hydrogen (secondary N) is 1. The van der Waals surface area contributed by atoms with Gasteiger partial charge in [0.2, 0.25) is 0 Å². The first-order valence-electron chi connectivity index (χ1n) is 5.16. The van der Waals surface area contributed by atoms with Gasteiger partial charge in [-0.25, -0.2) is 4.98 Å². The molecule has 2 rings (SSSR count). The van der Waals surface area contributed by atoms with Crippen molar-refractivity contribution in [3.63, 3.8) is 0 Å². The fraction of sp³-hybridized carbons (Fsp3) is 0.0833. The molecular weight excluding hydrogens is 216 g/mol. The standard InChI is InChI=1S/C12H12N4O/c13-7-9-1-3-10(4-2-9)16-12(17)11-8-14-5-6-15-11/h1-6,8H,7,13H2,(H,16,17). The van der Waals surface area contributed by atoms with E-state index in [2.05, 4.69) is 15.3 Å². The van der Waals surface area contributed by atoms with Gasteiger partial charge in [-0.05, 0) is 17.7 Å². The van der Waals surface area contributed by atoms with Gasteiger partial charge >= 0.3 is 0 Å². The van der Waals surface area contributed by atoms with E-state index in [0.29, 0.717) is 12.2 Å². The van der Waals surface area contributed by atoms with Crippen molar-refractivity contribution in [1.82, 2.24) is 9.97 Å². The van der Waals surface area contributed by atoms with Crippen molar-refractivity contribution in [2.75, 3.05) is 5.32 Å². The Kier molecular flexibility index (Phi) is 3.42. The SMILES string of the molecule is NCc1ccc(NC(=O)c2cnccn2)cc1. The summed E-state index contributed by atoms with van der Waals surface area (Å²) >= 11 is 0. The third-order valence-electron chi connectivity index (χ3n) is 2.24. The Morgan fingerprint density at radius 3 is 2.59 bits per heavy atom. The summed E-state index contributed by atoms with van der Waals surface area (Å²) in [5.41, 5.74) is 7.50. The molecule has 1 heterocycles. The second-order valence-electron chi connectivity index (χ2n) is 3.45. The number of aromatic nitrogens is 2. The molecule has 0 radical (unpaired) electrons. The molecule has 0 spiro atoms. The Bertz CT molecular complexity index is 496. The van der Waals surface area contributed by atoms with Gasteiger partial charge in [0.25, 0.3) is 5.91 Å². The summed E-state index contributed by atoms with van der Waals surface area (Å²) in [7, 11) is 0. The minimum atomic E-state index is -0.279. The monoisotopic (exact) mass is 228 g/mol. The molecule has 0 atom stereocenters. The molecule has 0 bridgehead atoms. The van der Waals surface area contributed by atoms with E-state index in [1.165, 1.54) is 18.6 Å². The van der Waals surface area contributed by atoms with Crippen LogP contribution in [-0.2, 0) is 6.54 Å².